The molecule has 0 spiro atoms. The average molecular weight is 255 g/mol. The van der Waals surface area contributed by atoms with Crippen molar-refractivity contribution < 1.29 is 24.2 Å². The molecule has 1 aromatic rings. The molecule has 1 atom stereocenters. The fraction of sp³-hybridized carbons (Fsp3) is 0.333. The Kier molecular flexibility index (Phi) is 4.65. The van der Waals surface area contributed by atoms with E-state index in [1.54, 1.807) is 13.1 Å². The monoisotopic (exact) mass is 255 g/mol. The van der Waals surface area contributed by atoms with Crippen LogP contribution < -0.4 is 4.90 Å². The molecule has 6 heteroatoms. The summed E-state index contributed by atoms with van der Waals surface area (Å²) in [7, 11) is 1.59. The topological polar surface area (TPSA) is 77.8 Å². The molecule has 18 heavy (non-hydrogen) atoms. The van der Waals surface area contributed by atoms with Gasteiger partial charge in [0.15, 0.2) is 0 Å². The average Bonchev–Trinajstić information content (AvgIpc) is 2.27. The number of nitrogens with zero attached hydrogens (tertiary/aromatic N) is 1. The van der Waals surface area contributed by atoms with Crippen molar-refractivity contribution in [1.29, 1.82) is 0 Å². The van der Waals surface area contributed by atoms with Crippen LogP contribution >= 0.6 is 0 Å². The zero-order valence-electron chi connectivity index (χ0n) is 9.84. The zero-order valence-corrected chi connectivity index (χ0v) is 9.84. The Labute approximate surface area is 103 Å². The first-order valence-corrected chi connectivity index (χ1v) is 5.31. The van der Waals surface area contributed by atoms with E-state index >= 15 is 0 Å². The van der Waals surface area contributed by atoms with Crippen LogP contribution in [-0.2, 0) is 9.59 Å². The Morgan fingerprint density at radius 2 is 2.06 bits per heavy atom. The predicted molar refractivity (Wildman–Crippen MR) is 63.0 cm³/mol. The third-order valence-corrected chi connectivity index (χ3v) is 2.51. The molecule has 2 N–H and O–H groups in total. The van der Waals surface area contributed by atoms with Crippen LogP contribution in [0.3, 0.4) is 0 Å². The number of aliphatic carboxylic acids is 2. The molecule has 0 saturated carbocycles. The summed E-state index contributed by atoms with van der Waals surface area (Å²) in [5.41, 5.74) is 0.506. The van der Waals surface area contributed by atoms with Crippen molar-refractivity contribution in [2.24, 2.45) is 5.92 Å². The van der Waals surface area contributed by atoms with Gasteiger partial charge >= 0.3 is 11.9 Å². The summed E-state index contributed by atoms with van der Waals surface area (Å²) in [5.74, 6) is -3.81. The van der Waals surface area contributed by atoms with Crippen LogP contribution in [0.2, 0.25) is 0 Å². The van der Waals surface area contributed by atoms with Crippen LogP contribution in [0.1, 0.15) is 6.42 Å². The fourth-order valence-corrected chi connectivity index (χ4v) is 1.59. The lowest BCUT2D eigenvalue weighted by Gasteiger charge is -2.22. The second-order valence-corrected chi connectivity index (χ2v) is 3.99. The van der Waals surface area contributed by atoms with E-state index in [4.69, 9.17) is 10.2 Å². The Bertz CT molecular complexity index is 449. The van der Waals surface area contributed by atoms with E-state index in [9.17, 15) is 14.0 Å². The summed E-state index contributed by atoms with van der Waals surface area (Å²) in [6.45, 7) is 0.00505. The Morgan fingerprint density at radius 3 is 2.56 bits per heavy atom. The van der Waals surface area contributed by atoms with Gasteiger partial charge in [0.05, 0.1) is 12.3 Å². The van der Waals surface area contributed by atoms with Crippen molar-refractivity contribution in [1.82, 2.24) is 0 Å². The van der Waals surface area contributed by atoms with Crippen molar-refractivity contribution in [2.45, 2.75) is 6.42 Å². The highest BCUT2D eigenvalue weighted by atomic mass is 19.1. The summed E-state index contributed by atoms with van der Waals surface area (Å²) in [5, 5.41) is 17.5. The first-order valence-electron chi connectivity index (χ1n) is 5.31. The first-order chi connectivity index (χ1) is 8.40. The third kappa shape index (κ3) is 4.04. The van der Waals surface area contributed by atoms with Crippen LogP contribution in [-0.4, -0.2) is 35.7 Å². The van der Waals surface area contributed by atoms with Gasteiger partial charge in [-0.3, -0.25) is 9.59 Å². The number of anilines is 1. The van der Waals surface area contributed by atoms with Gasteiger partial charge in [-0.25, -0.2) is 4.39 Å². The lowest BCUT2D eigenvalue weighted by Crippen LogP contribution is -2.31. The van der Waals surface area contributed by atoms with E-state index in [1.165, 1.54) is 23.1 Å². The molecule has 1 unspecified atom stereocenters. The molecular formula is C12H14FNO4. The smallest absolute Gasteiger partial charge is 0.308 e. The maximum atomic E-state index is 13.0. The number of carboxylic acid groups (broad SMARTS) is 2. The van der Waals surface area contributed by atoms with Gasteiger partial charge < -0.3 is 15.1 Å². The largest absolute Gasteiger partial charge is 0.481 e. The van der Waals surface area contributed by atoms with Gasteiger partial charge in [-0.05, 0) is 18.2 Å². The molecule has 5 nitrogen and oxygen atoms in total. The number of hydrogen-bond donors (Lipinski definition) is 2. The molecular weight excluding hydrogens is 241 g/mol. The first kappa shape index (κ1) is 14.0. The van der Waals surface area contributed by atoms with E-state index in [0.29, 0.717) is 5.69 Å². The normalized spacial score (nSPS) is 11.9. The molecule has 1 rings (SSSR count). The minimum Gasteiger partial charge on any atom is -0.481 e. The Morgan fingerprint density at radius 1 is 1.39 bits per heavy atom. The van der Waals surface area contributed by atoms with Crippen molar-refractivity contribution >= 4 is 17.6 Å². The number of benzene rings is 1. The highest BCUT2D eigenvalue weighted by Gasteiger charge is 2.22. The predicted octanol–water partition coefficient (Wildman–Crippen LogP) is 1.44. The number of rotatable bonds is 6. The van der Waals surface area contributed by atoms with Gasteiger partial charge in [0.2, 0.25) is 0 Å². The van der Waals surface area contributed by atoms with E-state index in [1.807, 2.05) is 0 Å². The number of carboxylic acids is 2. The van der Waals surface area contributed by atoms with Crippen molar-refractivity contribution in [3.8, 4) is 0 Å². The molecule has 1 aromatic carbocycles. The molecule has 0 aliphatic heterocycles. The van der Waals surface area contributed by atoms with Crippen LogP contribution in [0.25, 0.3) is 0 Å². The minimum absolute atomic E-state index is 0.00505. The highest BCUT2D eigenvalue weighted by Crippen LogP contribution is 2.16. The second kappa shape index (κ2) is 6.00. The summed E-state index contributed by atoms with van der Waals surface area (Å²) < 4.78 is 13.0. The minimum atomic E-state index is -1.18. The molecule has 0 heterocycles. The fourth-order valence-electron chi connectivity index (χ4n) is 1.59. The van der Waals surface area contributed by atoms with E-state index in [2.05, 4.69) is 0 Å². The van der Waals surface area contributed by atoms with E-state index < -0.39 is 30.1 Å². The molecule has 0 saturated heterocycles. The molecule has 0 aliphatic rings. The third-order valence-electron chi connectivity index (χ3n) is 2.51. The van der Waals surface area contributed by atoms with Gasteiger partial charge in [-0.1, -0.05) is 6.07 Å². The standard InChI is InChI=1S/C12H14FNO4/c1-14(10-4-2-3-9(13)6-10)7-8(12(17)18)5-11(15)16/h2-4,6,8H,5,7H2,1H3,(H,15,16)(H,17,18). The van der Waals surface area contributed by atoms with Crippen LogP contribution in [0.15, 0.2) is 24.3 Å². The van der Waals surface area contributed by atoms with Crippen LogP contribution in [0.4, 0.5) is 10.1 Å². The number of carbonyl (C=O) groups is 2. The van der Waals surface area contributed by atoms with Gasteiger partial charge in [-0.15, -0.1) is 0 Å². The van der Waals surface area contributed by atoms with E-state index in [0.717, 1.165) is 0 Å². The Hall–Kier alpha value is -2.11. The SMILES string of the molecule is CN(CC(CC(=O)O)C(=O)O)c1cccc(F)c1. The highest BCUT2D eigenvalue weighted by molar-refractivity contribution is 5.78. The van der Waals surface area contributed by atoms with Gasteiger partial charge in [0.25, 0.3) is 0 Å². The lowest BCUT2D eigenvalue weighted by atomic mass is 10.1. The van der Waals surface area contributed by atoms with Gasteiger partial charge in [0, 0.05) is 19.3 Å². The summed E-state index contributed by atoms with van der Waals surface area (Å²) in [4.78, 5) is 23.0. The van der Waals surface area contributed by atoms with Crippen LogP contribution in [0.5, 0.6) is 0 Å². The number of halogens is 1. The van der Waals surface area contributed by atoms with E-state index in [-0.39, 0.29) is 6.54 Å². The molecule has 0 amide bonds. The van der Waals surface area contributed by atoms with Crippen molar-refractivity contribution in [3.05, 3.63) is 30.1 Å². The maximum absolute atomic E-state index is 13.0. The molecule has 98 valence electrons. The van der Waals surface area contributed by atoms with Gasteiger partial charge in [-0.2, -0.15) is 0 Å². The lowest BCUT2D eigenvalue weighted by molar-refractivity contribution is -0.147. The second-order valence-electron chi connectivity index (χ2n) is 3.99. The van der Waals surface area contributed by atoms with Crippen LogP contribution in [0, 0.1) is 11.7 Å². The summed E-state index contributed by atoms with van der Waals surface area (Å²) in [6, 6.07) is 5.68. The zero-order chi connectivity index (χ0) is 13.7. The molecule has 0 aliphatic carbocycles. The molecule has 0 fully saturated rings. The molecule has 0 radical (unpaired) electrons. The van der Waals surface area contributed by atoms with Gasteiger partial charge in [0.1, 0.15) is 5.82 Å². The summed E-state index contributed by atoms with van der Waals surface area (Å²) in [6.07, 6.45) is -0.463. The maximum Gasteiger partial charge on any atom is 0.308 e. The summed E-state index contributed by atoms with van der Waals surface area (Å²) >= 11 is 0. The number of hydrogen-bond acceptors (Lipinski definition) is 3. The quantitative estimate of drug-likeness (QED) is 0.804. The molecule has 0 bridgehead atoms. The van der Waals surface area contributed by atoms with Crippen molar-refractivity contribution in [3.63, 3.8) is 0 Å². The van der Waals surface area contributed by atoms with Crippen molar-refractivity contribution in [2.75, 3.05) is 18.5 Å². The molecule has 0 aromatic heterocycles. The Balaban J connectivity index is 2.75.